The fraction of sp³-hybridized carbons (Fsp3) is 0.417. The molecule has 0 fully saturated rings. The Kier molecular flexibility index (Phi) is 5.91. The molecule has 106 valence electrons. The van der Waals surface area contributed by atoms with Crippen LogP contribution in [0, 0.1) is 5.82 Å². The smallest absolute Gasteiger partial charge is 0.221 e. The van der Waals surface area contributed by atoms with E-state index < -0.39 is 15.7 Å². The summed E-state index contributed by atoms with van der Waals surface area (Å²) in [6.07, 6.45) is -0.0937. The van der Waals surface area contributed by atoms with Gasteiger partial charge in [-0.15, -0.1) is 0 Å². The first-order chi connectivity index (χ1) is 8.93. The van der Waals surface area contributed by atoms with Crippen LogP contribution in [0.4, 0.5) is 4.39 Å². The van der Waals surface area contributed by atoms with Crippen molar-refractivity contribution in [2.24, 2.45) is 5.73 Å². The van der Waals surface area contributed by atoms with Gasteiger partial charge >= 0.3 is 0 Å². The lowest BCUT2D eigenvalue weighted by molar-refractivity contribution is -0.120. The van der Waals surface area contributed by atoms with E-state index in [2.05, 4.69) is 5.32 Å². The first kappa shape index (κ1) is 15.6. The fourth-order valence-corrected chi connectivity index (χ4v) is 2.80. The molecule has 1 rings (SSSR count). The van der Waals surface area contributed by atoms with Gasteiger partial charge in [0.2, 0.25) is 5.91 Å². The zero-order valence-corrected chi connectivity index (χ0v) is 11.2. The molecule has 0 heterocycles. The highest BCUT2D eigenvalue weighted by atomic mass is 32.2. The van der Waals surface area contributed by atoms with Crippen molar-refractivity contribution in [1.29, 1.82) is 0 Å². The van der Waals surface area contributed by atoms with Crippen LogP contribution in [0.5, 0.6) is 0 Å². The highest BCUT2D eigenvalue weighted by Gasteiger charge is 2.14. The highest BCUT2D eigenvalue weighted by Crippen LogP contribution is 2.09. The summed E-state index contributed by atoms with van der Waals surface area (Å²) in [4.78, 5) is 11.3. The number of sulfone groups is 1. The molecule has 0 radical (unpaired) electrons. The zero-order valence-electron chi connectivity index (χ0n) is 10.4. The van der Waals surface area contributed by atoms with Gasteiger partial charge in [0.25, 0.3) is 0 Å². The first-order valence-corrected chi connectivity index (χ1v) is 7.67. The molecule has 0 saturated heterocycles. The van der Waals surface area contributed by atoms with Gasteiger partial charge in [0.05, 0.1) is 11.5 Å². The number of nitrogens with one attached hydrogen (secondary N) is 1. The number of rotatable bonds is 7. The summed E-state index contributed by atoms with van der Waals surface area (Å²) in [6.45, 7) is 0.644. The average Bonchev–Trinajstić information content (AvgIpc) is 2.36. The normalized spacial score (nSPS) is 11.3. The van der Waals surface area contributed by atoms with Crippen molar-refractivity contribution in [2.75, 3.05) is 18.8 Å². The van der Waals surface area contributed by atoms with E-state index in [1.54, 1.807) is 0 Å². The summed E-state index contributed by atoms with van der Waals surface area (Å²) in [5.74, 6) is -1.19. The second-order valence-corrected chi connectivity index (χ2v) is 6.29. The van der Waals surface area contributed by atoms with Crippen molar-refractivity contribution < 1.29 is 17.6 Å². The Morgan fingerprint density at radius 1 is 1.26 bits per heavy atom. The van der Waals surface area contributed by atoms with Gasteiger partial charge < -0.3 is 11.1 Å². The maximum Gasteiger partial charge on any atom is 0.221 e. The van der Waals surface area contributed by atoms with Crippen LogP contribution in [-0.4, -0.2) is 33.2 Å². The Labute approximate surface area is 111 Å². The van der Waals surface area contributed by atoms with E-state index in [1.165, 1.54) is 24.3 Å². The van der Waals surface area contributed by atoms with Crippen LogP contribution in [0.15, 0.2) is 24.3 Å². The number of carbonyl (C=O) groups excluding carboxylic acids is 1. The van der Waals surface area contributed by atoms with E-state index in [0.29, 0.717) is 18.7 Å². The van der Waals surface area contributed by atoms with Gasteiger partial charge in [0, 0.05) is 19.5 Å². The summed E-state index contributed by atoms with van der Waals surface area (Å²) >= 11 is 0. The molecule has 0 aromatic heterocycles. The largest absolute Gasteiger partial charge is 0.355 e. The topological polar surface area (TPSA) is 89.3 Å². The van der Waals surface area contributed by atoms with Gasteiger partial charge in [0.15, 0.2) is 9.84 Å². The molecular weight excluding hydrogens is 271 g/mol. The Morgan fingerprint density at radius 3 is 2.47 bits per heavy atom. The molecule has 0 atom stereocenters. The minimum atomic E-state index is -3.38. The van der Waals surface area contributed by atoms with Gasteiger partial charge in [-0.3, -0.25) is 4.79 Å². The summed E-state index contributed by atoms with van der Waals surface area (Å²) in [6, 6.07) is 5.25. The van der Waals surface area contributed by atoms with Crippen LogP contribution < -0.4 is 11.1 Å². The molecular formula is C12H17FN2O3S. The molecule has 0 spiro atoms. The number of benzene rings is 1. The first-order valence-electron chi connectivity index (χ1n) is 5.84. The second kappa shape index (κ2) is 7.20. The molecule has 19 heavy (non-hydrogen) atoms. The average molecular weight is 288 g/mol. The van der Waals surface area contributed by atoms with Crippen LogP contribution in [0.1, 0.15) is 12.0 Å². The SMILES string of the molecule is NCCNC(=O)CCS(=O)(=O)Cc1ccc(F)cc1. The van der Waals surface area contributed by atoms with E-state index in [-0.39, 0.29) is 23.8 Å². The highest BCUT2D eigenvalue weighted by molar-refractivity contribution is 7.90. The number of hydrogen-bond donors (Lipinski definition) is 2. The Bertz CT molecular complexity index is 514. The van der Waals surface area contributed by atoms with E-state index in [0.717, 1.165) is 0 Å². The van der Waals surface area contributed by atoms with Crippen molar-refractivity contribution in [1.82, 2.24) is 5.32 Å². The van der Waals surface area contributed by atoms with Crippen LogP contribution in [-0.2, 0) is 20.4 Å². The van der Waals surface area contributed by atoms with Crippen molar-refractivity contribution in [3.8, 4) is 0 Å². The number of carbonyl (C=O) groups is 1. The molecule has 0 unspecified atom stereocenters. The Hall–Kier alpha value is -1.47. The van der Waals surface area contributed by atoms with Crippen LogP contribution in [0.2, 0.25) is 0 Å². The van der Waals surface area contributed by atoms with Gasteiger partial charge in [-0.2, -0.15) is 0 Å². The van der Waals surface area contributed by atoms with Gasteiger partial charge in [-0.05, 0) is 17.7 Å². The van der Waals surface area contributed by atoms with Crippen LogP contribution in [0.25, 0.3) is 0 Å². The Morgan fingerprint density at radius 2 is 1.89 bits per heavy atom. The lowest BCUT2D eigenvalue weighted by Crippen LogP contribution is -2.30. The molecule has 7 heteroatoms. The molecule has 1 amide bonds. The molecule has 1 aromatic rings. The number of amides is 1. The predicted molar refractivity (Wildman–Crippen MR) is 70.6 cm³/mol. The summed E-state index contributed by atoms with van der Waals surface area (Å²) in [5.41, 5.74) is 5.71. The standard InChI is InChI=1S/C12H17FN2O3S/c13-11-3-1-10(2-4-11)9-19(17,18)8-5-12(16)15-7-6-14/h1-4H,5-9,14H2,(H,15,16). The van der Waals surface area contributed by atoms with Crippen molar-refractivity contribution >= 4 is 15.7 Å². The minimum Gasteiger partial charge on any atom is -0.355 e. The minimum absolute atomic E-state index is 0.0937. The molecule has 1 aromatic carbocycles. The zero-order chi connectivity index (χ0) is 14.3. The molecule has 0 aliphatic heterocycles. The van der Waals surface area contributed by atoms with Crippen molar-refractivity contribution in [2.45, 2.75) is 12.2 Å². The third-order valence-corrected chi connectivity index (χ3v) is 4.01. The van der Waals surface area contributed by atoms with E-state index in [9.17, 15) is 17.6 Å². The van der Waals surface area contributed by atoms with Gasteiger partial charge in [-0.1, -0.05) is 12.1 Å². The van der Waals surface area contributed by atoms with Crippen molar-refractivity contribution in [3.05, 3.63) is 35.6 Å². The molecule has 0 aliphatic carbocycles. The van der Waals surface area contributed by atoms with E-state index in [1.807, 2.05) is 0 Å². The third kappa shape index (κ3) is 6.30. The molecule has 0 saturated carbocycles. The Balaban J connectivity index is 2.48. The number of halogens is 1. The van der Waals surface area contributed by atoms with Crippen LogP contribution >= 0.6 is 0 Å². The lowest BCUT2D eigenvalue weighted by Gasteiger charge is -2.05. The second-order valence-electron chi connectivity index (χ2n) is 4.11. The van der Waals surface area contributed by atoms with Gasteiger partial charge in [-0.25, -0.2) is 12.8 Å². The fourth-order valence-electron chi connectivity index (χ4n) is 1.45. The maximum absolute atomic E-state index is 12.7. The van der Waals surface area contributed by atoms with E-state index >= 15 is 0 Å². The quantitative estimate of drug-likeness (QED) is 0.750. The summed E-state index contributed by atoms with van der Waals surface area (Å²) in [7, 11) is -3.38. The third-order valence-electron chi connectivity index (χ3n) is 2.41. The van der Waals surface area contributed by atoms with Crippen LogP contribution in [0.3, 0.4) is 0 Å². The summed E-state index contributed by atoms with van der Waals surface area (Å²) < 4.78 is 36.2. The van der Waals surface area contributed by atoms with Crippen molar-refractivity contribution in [3.63, 3.8) is 0 Å². The maximum atomic E-state index is 12.7. The number of nitrogens with two attached hydrogens (primary N) is 1. The number of hydrogen-bond acceptors (Lipinski definition) is 4. The monoisotopic (exact) mass is 288 g/mol. The summed E-state index contributed by atoms with van der Waals surface area (Å²) in [5, 5.41) is 2.50. The predicted octanol–water partition coefficient (Wildman–Crippen LogP) is 0.206. The molecule has 0 aliphatic rings. The van der Waals surface area contributed by atoms with E-state index in [4.69, 9.17) is 5.73 Å². The lowest BCUT2D eigenvalue weighted by atomic mass is 10.2. The molecule has 0 bridgehead atoms. The van der Waals surface area contributed by atoms with Gasteiger partial charge in [0.1, 0.15) is 5.82 Å². The molecule has 5 nitrogen and oxygen atoms in total. The molecule has 3 N–H and O–H groups in total.